The number of carbonyl (C=O) groups excluding carboxylic acids is 1. The van der Waals surface area contributed by atoms with Gasteiger partial charge >= 0.3 is 0 Å². The van der Waals surface area contributed by atoms with E-state index < -0.39 is 11.0 Å². The predicted octanol–water partition coefficient (Wildman–Crippen LogP) is 4.97. The topological polar surface area (TPSA) is 51.2 Å². The van der Waals surface area contributed by atoms with Crippen LogP contribution in [-0.4, -0.2) is 16.5 Å². The highest BCUT2D eigenvalue weighted by molar-refractivity contribution is 9.10. The number of rotatable bonds is 5. The maximum Gasteiger partial charge on any atom is 0.234 e. The molecule has 5 heteroatoms. The fourth-order valence-corrected chi connectivity index (χ4v) is 2.51. The third-order valence-corrected chi connectivity index (χ3v) is 4.89. The van der Waals surface area contributed by atoms with E-state index in [0.29, 0.717) is 0 Å². The quantitative estimate of drug-likeness (QED) is 0.783. The Balaban J connectivity index is 2.18. The van der Waals surface area contributed by atoms with Gasteiger partial charge in [-0.3, -0.25) is 9.78 Å². The largest absolute Gasteiger partial charge is 0.487 e. The van der Waals surface area contributed by atoms with Gasteiger partial charge in [-0.05, 0) is 65.0 Å². The van der Waals surface area contributed by atoms with Gasteiger partial charge in [0.25, 0.3) is 0 Å². The van der Waals surface area contributed by atoms with Crippen LogP contribution in [0, 0.1) is 12.3 Å². The van der Waals surface area contributed by atoms with Crippen molar-refractivity contribution in [3.63, 3.8) is 0 Å². The molecule has 1 N–H and O–H groups in total. The summed E-state index contributed by atoms with van der Waals surface area (Å²) in [6.07, 6.45) is 1.68. The lowest BCUT2D eigenvalue weighted by atomic mass is 9.76. The molecule has 128 valence electrons. The van der Waals surface area contributed by atoms with Crippen LogP contribution in [0.15, 0.2) is 47.1 Å². The van der Waals surface area contributed by atoms with Gasteiger partial charge in [-0.15, -0.1) is 0 Å². The van der Waals surface area contributed by atoms with Crippen LogP contribution in [0.1, 0.15) is 33.4 Å². The molecule has 0 spiro atoms. The van der Waals surface area contributed by atoms with Gasteiger partial charge in [0.2, 0.25) is 5.91 Å². The van der Waals surface area contributed by atoms with E-state index in [0.717, 1.165) is 21.6 Å². The van der Waals surface area contributed by atoms with Crippen molar-refractivity contribution >= 4 is 27.5 Å². The second kappa shape index (κ2) is 6.93. The zero-order valence-electron chi connectivity index (χ0n) is 14.7. The van der Waals surface area contributed by atoms with E-state index in [9.17, 15) is 4.79 Å². The zero-order chi connectivity index (χ0) is 18.0. The Hall–Kier alpha value is -1.88. The van der Waals surface area contributed by atoms with E-state index in [1.54, 1.807) is 12.3 Å². The van der Waals surface area contributed by atoms with Gasteiger partial charge in [0, 0.05) is 22.1 Å². The number of hydrogen-bond donors (Lipinski definition) is 1. The molecule has 1 aromatic heterocycles. The van der Waals surface area contributed by atoms with Crippen LogP contribution in [0.25, 0.3) is 0 Å². The number of nitrogens with one attached hydrogen (secondary N) is 1. The van der Waals surface area contributed by atoms with Crippen LogP contribution in [0.4, 0.5) is 5.69 Å². The summed E-state index contributed by atoms with van der Waals surface area (Å²) in [4.78, 5) is 17.0. The molecule has 2 aromatic rings. The van der Waals surface area contributed by atoms with Crippen LogP contribution in [0.2, 0.25) is 0 Å². The minimum atomic E-state index is -0.757. The van der Waals surface area contributed by atoms with Gasteiger partial charge in [0.05, 0.1) is 5.41 Å². The average molecular weight is 391 g/mol. The highest BCUT2D eigenvalue weighted by Gasteiger charge is 2.45. The third kappa shape index (κ3) is 4.15. The average Bonchev–Trinajstić information content (AvgIpc) is 2.46. The molecule has 0 saturated carbocycles. The Labute approximate surface area is 151 Å². The van der Waals surface area contributed by atoms with Crippen molar-refractivity contribution in [1.29, 1.82) is 0 Å². The molecule has 0 unspecified atom stereocenters. The molecule has 1 aromatic carbocycles. The number of halogens is 1. The summed E-state index contributed by atoms with van der Waals surface area (Å²) in [5.74, 6) is 0.614. The summed E-state index contributed by atoms with van der Waals surface area (Å²) in [7, 11) is 0. The molecule has 4 nitrogen and oxygen atoms in total. The fraction of sp³-hybridized carbons (Fsp3) is 0.368. The van der Waals surface area contributed by atoms with Gasteiger partial charge in [0.1, 0.15) is 11.4 Å². The van der Waals surface area contributed by atoms with Crippen LogP contribution < -0.4 is 10.1 Å². The van der Waals surface area contributed by atoms with Crippen molar-refractivity contribution in [1.82, 2.24) is 4.98 Å². The number of aromatic nitrogens is 1. The molecule has 24 heavy (non-hydrogen) atoms. The molecule has 0 saturated heterocycles. The monoisotopic (exact) mass is 390 g/mol. The molecular formula is C19H23BrN2O2. The number of carbonyl (C=O) groups is 1. The van der Waals surface area contributed by atoms with E-state index in [1.807, 2.05) is 65.0 Å². The summed E-state index contributed by atoms with van der Waals surface area (Å²) in [6, 6.07) is 11.2. The van der Waals surface area contributed by atoms with Crippen molar-refractivity contribution in [2.24, 2.45) is 5.41 Å². The molecule has 2 rings (SSSR count). The van der Waals surface area contributed by atoms with E-state index in [-0.39, 0.29) is 5.91 Å². The van der Waals surface area contributed by atoms with Crippen LogP contribution >= 0.6 is 15.9 Å². The number of hydrogen-bond acceptors (Lipinski definition) is 3. The van der Waals surface area contributed by atoms with Crippen molar-refractivity contribution in [2.45, 2.75) is 40.2 Å². The second-order valence-corrected chi connectivity index (χ2v) is 7.75. The summed E-state index contributed by atoms with van der Waals surface area (Å²) in [5, 5.41) is 2.96. The molecule has 0 aliphatic rings. The number of anilines is 1. The molecular weight excluding hydrogens is 368 g/mol. The summed E-state index contributed by atoms with van der Waals surface area (Å²) < 4.78 is 7.06. The van der Waals surface area contributed by atoms with E-state index in [2.05, 4.69) is 26.2 Å². The van der Waals surface area contributed by atoms with E-state index in [4.69, 9.17) is 4.74 Å². The maximum atomic E-state index is 12.8. The van der Waals surface area contributed by atoms with Gasteiger partial charge < -0.3 is 10.1 Å². The van der Waals surface area contributed by atoms with Crippen LogP contribution in [0.5, 0.6) is 5.75 Å². The number of nitrogens with zero attached hydrogens (tertiary/aromatic N) is 1. The maximum absolute atomic E-state index is 12.8. The number of aryl methyl sites for hydroxylation is 1. The van der Waals surface area contributed by atoms with E-state index >= 15 is 0 Å². The Morgan fingerprint density at radius 2 is 1.88 bits per heavy atom. The first-order chi connectivity index (χ1) is 11.1. The van der Waals surface area contributed by atoms with Gasteiger partial charge in [0.15, 0.2) is 0 Å². The molecule has 0 radical (unpaired) electrons. The van der Waals surface area contributed by atoms with E-state index in [1.165, 1.54) is 0 Å². The van der Waals surface area contributed by atoms with Crippen LogP contribution in [0.3, 0.4) is 0 Å². The molecule has 0 atom stereocenters. The highest BCUT2D eigenvalue weighted by atomic mass is 79.9. The molecule has 0 aliphatic carbocycles. The van der Waals surface area contributed by atoms with Gasteiger partial charge in [-0.1, -0.05) is 22.0 Å². The fourth-order valence-electron chi connectivity index (χ4n) is 2.14. The molecule has 0 bridgehead atoms. The second-order valence-electron chi connectivity index (χ2n) is 6.83. The Morgan fingerprint density at radius 1 is 1.17 bits per heavy atom. The standard InChI is InChI=1S/C19H23BrN2O2/c1-13-11-15(9-10-21-13)22-17(23)18(2,3)19(4,5)24-16-8-6-7-14(20)12-16/h6-12H,1-5H3,(H,21,22,23). The Bertz CT molecular complexity index is 742. The first kappa shape index (κ1) is 18.5. The minimum Gasteiger partial charge on any atom is -0.487 e. The van der Waals surface area contributed by atoms with Gasteiger partial charge in [-0.25, -0.2) is 0 Å². The highest BCUT2D eigenvalue weighted by Crippen LogP contribution is 2.36. The van der Waals surface area contributed by atoms with Crippen molar-refractivity contribution in [3.05, 3.63) is 52.8 Å². The van der Waals surface area contributed by atoms with Gasteiger partial charge in [-0.2, -0.15) is 0 Å². The number of ether oxygens (including phenoxy) is 1. The first-order valence-corrected chi connectivity index (χ1v) is 8.60. The minimum absolute atomic E-state index is 0.104. The third-order valence-electron chi connectivity index (χ3n) is 4.40. The summed E-state index contributed by atoms with van der Waals surface area (Å²) in [6.45, 7) is 9.50. The predicted molar refractivity (Wildman–Crippen MR) is 100 cm³/mol. The molecule has 0 fully saturated rings. The Kier molecular flexibility index (Phi) is 5.33. The summed E-state index contributed by atoms with van der Waals surface area (Å²) in [5.41, 5.74) is 0.126. The lowest BCUT2D eigenvalue weighted by molar-refractivity contribution is -0.134. The molecule has 1 amide bonds. The van der Waals surface area contributed by atoms with Crippen molar-refractivity contribution in [2.75, 3.05) is 5.32 Å². The zero-order valence-corrected chi connectivity index (χ0v) is 16.3. The lowest BCUT2D eigenvalue weighted by Gasteiger charge is -2.40. The molecule has 0 aliphatic heterocycles. The summed E-state index contributed by atoms with van der Waals surface area (Å²) >= 11 is 3.43. The normalized spacial score (nSPS) is 11.9. The van der Waals surface area contributed by atoms with Crippen molar-refractivity contribution < 1.29 is 9.53 Å². The first-order valence-electron chi connectivity index (χ1n) is 7.80. The SMILES string of the molecule is Cc1cc(NC(=O)C(C)(C)C(C)(C)Oc2cccc(Br)c2)ccn1. The number of amides is 1. The van der Waals surface area contributed by atoms with Crippen LogP contribution in [-0.2, 0) is 4.79 Å². The lowest BCUT2D eigenvalue weighted by Crippen LogP contribution is -2.51. The smallest absolute Gasteiger partial charge is 0.234 e. The number of pyridine rings is 1. The van der Waals surface area contributed by atoms with Crippen molar-refractivity contribution in [3.8, 4) is 5.75 Å². The number of benzene rings is 1. The molecule has 1 heterocycles. The Morgan fingerprint density at radius 3 is 2.50 bits per heavy atom.